The van der Waals surface area contributed by atoms with Gasteiger partial charge in [0.05, 0.1) is 18.6 Å². The van der Waals surface area contributed by atoms with Crippen LogP contribution < -0.4 is 5.32 Å². The zero-order valence-corrected chi connectivity index (χ0v) is 10.1. The van der Waals surface area contributed by atoms with Crippen molar-refractivity contribution in [3.63, 3.8) is 0 Å². The third-order valence-corrected chi connectivity index (χ3v) is 2.32. The number of rotatable bonds is 6. The number of aromatic nitrogens is 2. The Balaban J connectivity index is 2.74. The van der Waals surface area contributed by atoms with Gasteiger partial charge < -0.3 is 14.6 Å². The molecule has 1 N–H and O–H groups in total. The van der Waals surface area contributed by atoms with E-state index in [2.05, 4.69) is 10.3 Å². The zero-order chi connectivity index (χ0) is 12.0. The first-order chi connectivity index (χ1) is 7.72. The first kappa shape index (κ1) is 12.7. The summed E-state index contributed by atoms with van der Waals surface area (Å²) in [5.74, 6) is -0.196. The van der Waals surface area contributed by atoms with Gasteiger partial charge in [-0.2, -0.15) is 0 Å². The third kappa shape index (κ3) is 3.06. The smallest absolute Gasteiger partial charge is 0.329 e. The van der Waals surface area contributed by atoms with Gasteiger partial charge in [-0.3, -0.25) is 0 Å². The fraction of sp³-hybridized carbons (Fsp3) is 0.636. The van der Waals surface area contributed by atoms with E-state index in [9.17, 15) is 4.79 Å². The quantitative estimate of drug-likeness (QED) is 0.737. The van der Waals surface area contributed by atoms with Crippen molar-refractivity contribution < 1.29 is 9.53 Å². The maximum Gasteiger partial charge on any atom is 0.329 e. The summed E-state index contributed by atoms with van der Waals surface area (Å²) in [6.07, 6.45) is 4.26. The second-order valence-electron chi connectivity index (χ2n) is 3.52. The molecule has 5 nitrogen and oxygen atoms in total. The van der Waals surface area contributed by atoms with Crippen LogP contribution in [0.15, 0.2) is 12.5 Å². The van der Waals surface area contributed by atoms with Gasteiger partial charge in [0.1, 0.15) is 6.04 Å². The Kier molecular flexibility index (Phi) is 4.98. The number of esters is 1. The third-order valence-electron chi connectivity index (χ3n) is 2.32. The minimum absolute atomic E-state index is 0.196. The Morgan fingerprint density at radius 1 is 1.62 bits per heavy atom. The summed E-state index contributed by atoms with van der Waals surface area (Å²) in [4.78, 5) is 15.9. The summed E-state index contributed by atoms with van der Waals surface area (Å²) in [6.45, 7) is 4.88. The Morgan fingerprint density at radius 2 is 2.38 bits per heavy atom. The minimum Gasteiger partial charge on any atom is -0.464 e. The van der Waals surface area contributed by atoms with E-state index in [0.717, 1.165) is 5.69 Å². The molecule has 0 aliphatic carbocycles. The second-order valence-corrected chi connectivity index (χ2v) is 3.52. The number of nitrogens with one attached hydrogen (secondary N) is 1. The molecule has 1 heterocycles. The molecular formula is C11H19N3O2. The van der Waals surface area contributed by atoms with Crippen LogP contribution in [-0.2, 0) is 16.1 Å². The standard InChI is InChI=1S/C11H19N3O2/c1-4-10(11(15)16-5-2)14-7-9(6-12-3)13-8-14/h7-8,10,12H,4-6H2,1-3H3. The molecule has 5 heteroatoms. The lowest BCUT2D eigenvalue weighted by atomic mass is 10.2. The zero-order valence-electron chi connectivity index (χ0n) is 10.1. The minimum atomic E-state index is -0.266. The molecule has 1 rings (SSSR count). The fourth-order valence-electron chi connectivity index (χ4n) is 1.56. The number of carbonyl (C=O) groups excluding carboxylic acids is 1. The van der Waals surface area contributed by atoms with E-state index in [-0.39, 0.29) is 12.0 Å². The fourth-order valence-corrected chi connectivity index (χ4v) is 1.56. The van der Waals surface area contributed by atoms with E-state index < -0.39 is 0 Å². The van der Waals surface area contributed by atoms with E-state index in [1.54, 1.807) is 6.33 Å². The molecule has 0 aliphatic rings. The van der Waals surface area contributed by atoms with E-state index in [4.69, 9.17) is 4.74 Å². The molecule has 0 saturated heterocycles. The largest absolute Gasteiger partial charge is 0.464 e. The van der Waals surface area contributed by atoms with Crippen LogP contribution in [0.5, 0.6) is 0 Å². The molecule has 1 aromatic heterocycles. The molecular weight excluding hydrogens is 206 g/mol. The molecule has 0 radical (unpaired) electrons. The molecule has 1 unspecified atom stereocenters. The van der Waals surface area contributed by atoms with Crippen LogP contribution in [0.3, 0.4) is 0 Å². The van der Waals surface area contributed by atoms with Crippen molar-refractivity contribution in [2.24, 2.45) is 0 Å². The molecule has 0 aliphatic heterocycles. The lowest BCUT2D eigenvalue weighted by Gasteiger charge is -2.14. The predicted octanol–water partition coefficient (Wildman–Crippen LogP) is 1.12. The first-order valence-corrected chi connectivity index (χ1v) is 5.56. The Bertz CT molecular complexity index is 336. The molecule has 0 aromatic carbocycles. The SMILES string of the molecule is CCOC(=O)C(CC)n1cnc(CNC)c1. The Morgan fingerprint density at radius 3 is 2.94 bits per heavy atom. The molecule has 0 amide bonds. The molecule has 0 bridgehead atoms. The maximum atomic E-state index is 11.7. The number of nitrogens with zero attached hydrogens (tertiary/aromatic N) is 2. The van der Waals surface area contributed by atoms with Crippen molar-refractivity contribution in [3.8, 4) is 0 Å². The molecule has 1 aromatic rings. The van der Waals surface area contributed by atoms with Gasteiger partial charge in [-0.15, -0.1) is 0 Å². The first-order valence-electron chi connectivity index (χ1n) is 5.56. The number of imidazole rings is 1. The van der Waals surface area contributed by atoms with Gasteiger partial charge in [0, 0.05) is 12.7 Å². The van der Waals surface area contributed by atoms with Gasteiger partial charge in [0.25, 0.3) is 0 Å². The van der Waals surface area contributed by atoms with E-state index in [1.807, 2.05) is 31.7 Å². The number of ether oxygens (including phenoxy) is 1. The summed E-state index contributed by atoms with van der Waals surface area (Å²) in [5, 5.41) is 3.02. The van der Waals surface area contributed by atoms with Crippen LogP contribution in [0.25, 0.3) is 0 Å². The Labute approximate surface area is 95.8 Å². The summed E-state index contributed by atoms with van der Waals surface area (Å²) in [5.41, 5.74) is 0.922. The second kappa shape index (κ2) is 6.27. The van der Waals surface area contributed by atoms with Gasteiger partial charge in [0.2, 0.25) is 0 Å². The van der Waals surface area contributed by atoms with Gasteiger partial charge in [-0.05, 0) is 20.4 Å². The average molecular weight is 225 g/mol. The van der Waals surface area contributed by atoms with Crippen LogP contribution in [0, 0.1) is 0 Å². The summed E-state index contributed by atoms with van der Waals surface area (Å²) in [7, 11) is 1.86. The van der Waals surface area contributed by atoms with E-state index >= 15 is 0 Å². The highest BCUT2D eigenvalue weighted by atomic mass is 16.5. The highest BCUT2D eigenvalue weighted by molar-refractivity contribution is 5.74. The van der Waals surface area contributed by atoms with Crippen molar-refractivity contribution in [3.05, 3.63) is 18.2 Å². The highest BCUT2D eigenvalue weighted by Crippen LogP contribution is 2.13. The molecule has 1 atom stereocenters. The van der Waals surface area contributed by atoms with Crippen molar-refractivity contribution in [1.82, 2.24) is 14.9 Å². The highest BCUT2D eigenvalue weighted by Gasteiger charge is 2.19. The number of hydrogen-bond donors (Lipinski definition) is 1. The molecule has 0 spiro atoms. The number of hydrogen-bond acceptors (Lipinski definition) is 4. The van der Waals surface area contributed by atoms with Gasteiger partial charge >= 0.3 is 5.97 Å². The van der Waals surface area contributed by atoms with Crippen molar-refractivity contribution in [1.29, 1.82) is 0 Å². The monoisotopic (exact) mass is 225 g/mol. The van der Waals surface area contributed by atoms with Gasteiger partial charge in [-0.1, -0.05) is 6.92 Å². The van der Waals surface area contributed by atoms with Crippen LogP contribution in [0.2, 0.25) is 0 Å². The maximum absolute atomic E-state index is 11.7. The van der Waals surface area contributed by atoms with E-state index in [1.165, 1.54) is 0 Å². The lowest BCUT2D eigenvalue weighted by molar-refractivity contribution is -0.147. The molecule has 16 heavy (non-hydrogen) atoms. The molecule has 0 fully saturated rings. The summed E-state index contributed by atoms with van der Waals surface area (Å²) in [6, 6.07) is -0.266. The van der Waals surface area contributed by atoms with E-state index in [0.29, 0.717) is 19.6 Å². The van der Waals surface area contributed by atoms with Crippen LogP contribution in [-0.4, -0.2) is 29.2 Å². The van der Waals surface area contributed by atoms with Gasteiger partial charge in [0.15, 0.2) is 0 Å². The normalized spacial score (nSPS) is 12.4. The Hall–Kier alpha value is -1.36. The van der Waals surface area contributed by atoms with Crippen molar-refractivity contribution >= 4 is 5.97 Å². The topological polar surface area (TPSA) is 56.2 Å². The van der Waals surface area contributed by atoms with Gasteiger partial charge in [-0.25, -0.2) is 9.78 Å². The van der Waals surface area contributed by atoms with Crippen molar-refractivity contribution in [2.45, 2.75) is 32.9 Å². The lowest BCUT2D eigenvalue weighted by Crippen LogP contribution is -2.20. The van der Waals surface area contributed by atoms with Crippen LogP contribution >= 0.6 is 0 Å². The molecule has 90 valence electrons. The molecule has 0 saturated carbocycles. The summed E-state index contributed by atoms with van der Waals surface area (Å²) >= 11 is 0. The predicted molar refractivity (Wildman–Crippen MR) is 61.0 cm³/mol. The van der Waals surface area contributed by atoms with Crippen LogP contribution in [0.4, 0.5) is 0 Å². The van der Waals surface area contributed by atoms with Crippen molar-refractivity contribution in [2.75, 3.05) is 13.7 Å². The average Bonchev–Trinajstić information content (AvgIpc) is 2.68. The van der Waals surface area contributed by atoms with Crippen LogP contribution in [0.1, 0.15) is 32.0 Å². The summed E-state index contributed by atoms with van der Waals surface area (Å²) < 4.78 is 6.83. The number of carbonyl (C=O) groups is 1.